The topological polar surface area (TPSA) is 12.5 Å². The summed E-state index contributed by atoms with van der Waals surface area (Å²) in [6.07, 6.45) is 23.5. The van der Waals surface area contributed by atoms with E-state index < -0.39 is 0 Å². The molecule has 1 aliphatic rings. The molecule has 0 amide bonds. The molecule has 0 aliphatic carbocycles. The van der Waals surface area contributed by atoms with Crippen LogP contribution < -0.4 is 0 Å². The number of allylic oxidation sites excluding steroid dienone is 3. The minimum atomic E-state index is 0.596. The van der Waals surface area contributed by atoms with Crippen molar-refractivity contribution in [1.29, 1.82) is 0 Å². The molecule has 1 fully saturated rings. The maximum atomic E-state index is 5.76. The fourth-order valence-corrected chi connectivity index (χ4v) is 2.79. The molecule has 2 atom stereocenters. The van der Waals surface area contributed by atoms with Crippen LogP contribution in [0.25, 0.3) is 0 Å². The van der Waals surface area contributed by atoms with Gasteiger partial charge >= 0.3 is 0 Å². The summed E-state index contributed by atoms with van der Waals surface area (Å²) in [7, 11) is 0. The van der Waals surface area contributed by atoms with Crippen LogP contribution in [0, 0.1) is 0 Å². The van der Waals surface area contributed by atoms with Crippen molar-refractivity contribution in [2.24, 2.45) is 0 Å². The van der Waals surface area contributed by atoms with Crippen molar-refractivity contribution in [1.82, 2.24) is 0 Å². The van der Waals surface area contributed by atoms with E-state index in [9.17, 15) is 0 Å². The average Bonchev–Trinajstić information content (AvgIpc) is 3.20. The van der Waals surface area contributed by atoms with Crippen molar-refractivity contribution in [2.45, 2.75) is 96.2 Å². The second-order valence-corrected chi connectivity index (χ2v) is 6.07. The molecule has 0 saturated carbocycles. The van der Waals surface area contributed by atoms with Gasteiger partial charge in [-0.2, -0.15) is 0 Å². The summed E-state index contributed by atoms with van der Waals surface area (Å²) in [5.74, 6) is 0. The Balaban J connectivity index is 1.79. The summed E-state index contributed by atoms with van der Waals surface area (Å²) in [5.41, 5.74) is 0. The minimum absolute atomic E-state index is 0.596. The fraction of sp³-hybridized carbons (Fsp3) is 0.789. The number of unbranched alkanes of at least 4 members (excludes halogenated alkanes) is 8. The van der Waals surface area contributed by atoms with Gasteiger partial charge in [0.05, 0.1) is 12.2 Å². The first kappa shape index (κ1) is 17.5. The van der Waals surface area contributed by atoms with Gasteiger partial charge in [-0.25, -0.2) is 0 Å². The molecule has 0 radical (unpaired) electrons. The average molecular weight is 278 g/mol. The van der Waals surface area contributed by atoms with Crippen molar-refractivity contribution in [3.05, 3.63) is 24.8 Å². The largest absolute Gasteiger partial charge is 0.370 e. The van der Waals surface area contributed by atoms with Gasteiger partial charge in [0.1, 0.15) is 0 Å². The number of ether oxygens (including phenoxy) is 1. The highest BCUT2D eigenvalue weighted by Crippen LogP contribution is 2.31. The molecule has 1 rings (SSSR count). The Morgan fingerprint density at radius 1 is 0.850 bits per heavy atom. The van der Waals surface area contributed by atoms with E-state index in [-0.39, 0.29) is 0 Å². The maximum Gasteiger partial charge on any atom is 0.0841 e. The zero-order valence-electron chi connectivity index (χ0n) is 13.5. The van der Waals surface area contributed by atoms with Crippen LogP contribution in [0.4, 0.5) is 0 Å². The smallest absolute Gasteiger partial charge is 0.0841 e. The van der Waals surface area contributed by atoms with E-state index in [0.29, 0.717) is 12.2 Å². The Hall–Kier alpha value is -0.560. The molecule has 1 aliphatic heterocycles. The molecule has 0 bridgehead atoms. The van der Waals surface area contributed by atoms with Gasteiger partial charge < -0.3 is 4.74 Å². The highest BCUT2D eigenvalue weighted by Gasteiger charge is 2.36. The van der Waals surface area contributed by atoms with Crippen LogP contribution in [-0.4, -0.2) is 12.2 Å². The quantitative estimate of drug-likeness (QED) is 0.209. The zero-order valence-corrected chi connectivity index (χ0v) is 13.5. The van der Waals surface area contributed by atoms with Crippen LogP contribution in [0.5, 0.6) is 0 Å². The Bertz CT molecular complexity index is 256. The SMILES string of the molecule is C=C/C=C\CCCCC1OC1CCCCCCCCC. The molecule has 0 N–H and O–H groups in total. The molecule has 0 aromatic heterocycles. The molecule has 1 saturated heterocycles. The summed E-state index contributed by atoms with van der Waals surface area (Å²) in [6, 6.07) is 0. The van der Waals surface area contributed by atoms with Crippen LogP contribution >= 0.6 is 0 Å². The minimum Gasteiger partial charge on any atom is -0.370 e. The number of hydrogen-bond acceptors (Lipinski definition) is 1. The summed E-state index contributed by atoms with van der Waals surface area (Å²) >= 11 is 0. The monoisotopic (exact) mass is 278 g/mol. The van der Waals surface area contributed by atoms with Gasteiger partial charge in [0, 0.05) is 0 Å². The summed E-state index contributed by atoms with van der Waals surface area (Å²) in [5, 5.41) is 0. The second kappa shape index (κ2) is 12.2. The van der Waals surface area contributed by atoms with Crippen LogP contribution in [0.15, 0.2) is 24.8 Å². The second-order valence-electron chi connectivity index (χ2n) is 6.07. The van der Waals surface area contributed by atoms with Gasteiger partial charge in [-0.3, -0.25) is 0 Å². The van der Waals surface area contributed by atoms with Gasteiger partial charge in [0.2, 0.25) is 0 Å². The predicted molar refractivity (Wildman–Crippen MR) is 89.1 cm³/mol. The first-order valence-electron chi connectivity index (χ1n) is 8.81. The third-order valence-corrected chi connectivity index (χ3v) is 4.16. The molecular formula is C19H34O. The lowest BCUT2D eigenvalue weighted by molar-refractivity contribution is 0.348. The van der Waals surface area contributed by atoms with Crippen LogP contribution in [0.2, 0.25) is 0 Å². The summed E-state index contributed by atoms with van der Waals surface area (Å²) in [6.45, 7) is 5.95. The normalized spacial score (nSPS) is 21.4. The molecule has 2 unspecified atom stereocenters. The Kier molecular flexibility index (Phi) is 10.7. The summed E-state index contributed by atoms with van der Waals surface area (Å²) in [4.78, 5) is 0. The third-order valence-electron chi connectivity index (χ3n) is 4.16. The van der Waals surface area contributed by atoms with E-state index >= 15 is 0 Å². The van der Waals surface area contributed by atoms with Crippen LogP contribution in [-0.2, 0) is 4.74 Å². The van der Waals surface area contributed by atoms with Crippen LogP contribution in [0.3, 0.4) is 0 Å². The van der Waals surface area contributed by atoms with E-state index in [2.05, 4.69) is 19.6 Å². The fourth-order valence-electron chi connectivity index (χ4n) is 2.79. The highest BCUT2D eigenvalue weighted by molar-refractivity contribution is 4.96. The van der Waals surface area contributed by atoms with Gasteiger partial charge in [0.25, 0.3) is 0 Å². The Morgan fingerprint density at radius 2 is 1.45 bits per heavy atom. The van der Waals surface area contributed by atoms with E-state index in [1.165, 1.54) is 77.0 Å². The lowest BCUT2D eigenvalue weighted by Gasteiger charge is -2.00. The van der Waals surface area contributed by atoms with E-state index in [1.807, 2.05) is 12.2 Å². The number of hydrogen-bond donors (Lipinski definition) is 0. The molecule has 0 aromatic rings. The summed E-state index contributed by atoms with van der Waals surface area (Å²) < 4.78 is 5.76. The third kappa shape index (κ3) is 9.36. The highest BCUT2D eigenvalue weighted by atomic mass is 16.6. The van der Waals surface area contributed by atoms with Gasteiger partial charge in [-0.05, 0) is 25.7 Å². The molecule has 1 heterocycles. The molecule has 0 spiro atoms. The standard InChI is InChI=1S/C19H34O/c1-3-5-7-9-11-13-15-17-19-18(20-19)16-14-12-10-8-6-4-2/h4,6,8,18-19H,2-3,5,7,9-17H2,1H3/b8-6-. The van der Waals surface area contributed by atoms with E-state index in [1.54, 1.807) is 0 Å². The van der Waals surface area contributed by atoms with Crippen molar-refractivity contribution in [3.63, 3.8) is 0 Å². The molecular weight excluding hydrogens is 244 g/mol. The Morgan fingerprint density at radius 3 is 2.10 bits per heavy atom. The van der Waals surface area contributed by atoms with Crippen LogP contribution in [0.1, 0.15) is 84.0 Å². The maximum absolute atomic E-state index is 5.76. The van der Waals surface area contributed by atoms with Crippen molar-refractivity contribution < 1.29 is 4.74 Å². The predicted octanol–water partition coefficient (Wildman–Crippen LogP) is 6.20. The molecule has 20 heavy (non-hydrogen) atoms. The lowest BCUT2D eigenvalue weighted by Crippen LogP contribution is -1.94. The van der Waals surface area contributed by atoms with E-state index in [0.717, 1.165) is 0 Å². The van der Waals surface area contributed by atoms with Gasteiger partial charge in [0.15, 0.2) is 0 Å². The van der Waals surface area contributed by atoms with Crippen molar-refractivity contribution in [2.75, 3.05) is 0 Å². The zero-order chi connectivity index (χ0) is 14.5. The molecule has 116 valence electrons. The molecule has 0 aromatic carbocycles. The first-order valence-corrected chi connectivity index (χ1v) is 8.81. The van der Waals surface area contributed by atoms with Crippen molar-refractivity contribution >= 4 is 0 Å². The molecule has 1 nitrogen and oxygen atoms in total. The van der Waals surface area contributed by atoms with Gasteiger partial charge in [-0.1, -0.05) is 83.1 Å². The number of rotatable bonds is 14. The molecule has 1 heteroatoms. The first-order chi connectivity index (χ1) is 9.88. The lowest BCUT2D eigenvalue weighted by atomic mass is 10.0. The van der Waals surface area contributed by atoms with Crippen molar-refractivity contribution in [3.8, 4) is 0 Å². The van der Waals surface area contributed by atoms with E-state index in [4.69, 9.17) is 4.74 Å². The Labute approximate surface area is 126 Å². The number of epoxide rings is 1. The van der Waals surface area contributed by atoms with Gasteiger partial charge in [-0.15, -0.1) is 0 Å².